The van der Waals surface area contributed by atoms with Crippen molar-refractivity contribution in [2.75, 3.05) is 0 Å². The van der Waals surface area contributed by atoms with E-state index >= 15 is 0 Å². The van der Waals surface area contributed by atoms with Crippen LogP contribution in [0.15, 0.2) is 29.2 Å². The molecule has 1 aromatic rings. The largest absolute Gasteiger partial charge is 0.254 e. The molecule has 1 aliphatic carbocycles. The molecule has 0 bridgehead atoms. The Hall–Kier alpha value is -0.700. The average Bonchev–Trinajstić information content (AvgIpc) is 2.26. The minimum absolute atomic E-state index is 0.190. The first-order valence-corrected chi connectivity index (χ1v) is 7.43. The molecular weight excluding hydrogens is 235 g/mol. The first-order valence-electron chi connectivity index (χ1n) is 6.22. The highest BCUT2D eigenvalue weighted by Gasteiger charge is 2.28. The minimum Gasteiger partial charge on any atom is -0.254 e. The zero-order valence-corrected chi connectivity index (χ0v) is 11.2. The molecule has 0 spiro atoms. The fraction of sp³-hybridized carbons (Fsp3) is 0.571. The van der Waals surface area contributed by atoms with Crippen molar-refractivity contribution in [1.82, 2.24) is 0 Å². The van der Waals surface area contributed by atoms with Gasteiger partial charge in [-0.25, -0.2) is 4.39 Å². The lowest BCUT2D eigenvalue weighted by atomic mass is 9.83. The fourth-order valence-corrected chi connectivity index (χ4v) is 4.67. The van der Waals surface area contributed by atoms with E-state index in [1.54, 1.807) is 12.1 Å². The topological polar surface area (TPSA) is 17.1 Å². The van der Waals surface area contributed by atoms with Crippen molar-refractivity contribution in [3.05, 3.63) is 30.1 Å². The molecule has 1 fully saturated rings. The molecule has 3 atom stereocenters. The first-order chi connectivity index (χ1) is 8.06. The van der Waals surface area contributed by atoms with Gasteiger partial charge in [-0.3, -0.25) is 4.21 Å². The van der Waals surface area contributed by atoms with Crippen LogP contribution in [0.5, 0.6) is 0 Å². The van der Waals surface area contributed by atoms with Crippen molar-refractivity contribution in [1.29, 1.82) is 0 Å². The van der Waals surface area contributed by atoms with Crippen LogP contribution in [0.3, 0.4) is 0 Å². The van der Waals surface area contributed by atoms with Gasteiger partial charge in [-0.15, -0.1) is 0 Å². The van der Waals surface area contributed by atoms with E-state index in [0.29, 0.717) is 16.7 Å². The molecule has 0 saturated heterocycles. The molecule has 1 saturated carbocycles. The fourth-order valence-electron chi connectivity index (χ4n) is 2.83. The lowest BCUT2D eigenvalue weighted by Crippen LogP contribution is -2.27. The second kappa shape index (κ2) is 5.30. The maximum absolute atomic E-state index is 13.1. The van der Waals surface area contributed by atoms with Crippen LogP contribution in [0.2, 0.25) is 0 Å². The van der Waals surface area contributed by atoms with Gasteiger partial charge in [-0.05, 0) is 49.3 Å². The van der Waals surface area contributed by atoms with E-state index < -0.39 is 10.8 Å². The molecule has 1 aliphatic rings. The second-order valence-electron chi connectivity index (χ2n) is 5.29. The average molecular weight is 254 g/mol. The molecule has 2 rings (SSSR count). The van der Waals surface area contributed by atoms with E-state index in [9.17, 15) is 8.60 Å². The lowest BCUT2D eigenvalue weighted by Gasteiger charge is -2.30. The Balaban J connectivity index is 2.14. The zero-order valence-electron chi connectivity index (χ0n) is 10.4. The van der Waals surface area contributed by atoms with Crippen LogP contribution >= 0.6 is 0 Å². The van der Waals surface area contributed by atoms with Gasteiger partial charge in [0.25, 0.3) is 0 Å². The van der Waals surface area contributed by atoms with Gasteiger partial charge in [0.05, 0.1) is 10.8 Å². The Morgan fingerprint density at radius 1 is 1.18 bits per heavy atom. The maximum Gasteiger partial charge on any atom is 0.124 e. The Kier molecular flexibility index (Phi) is 3.97. The molecule has 94 valence electrons. The van der Waals surface area contributed by atoms with E-state index in [4.69, 9.17) is 0 Å². The highest BCUT2D eigenvalue weighted by molar-refractivity contribution is 7.85. The molecule has 0 N–H and O–H groups in total. The standard InChI is InChI=1S/C14H19FOS/c1-10-6-11(2)8-14(7-10)17(16)13-5-3-4-12(15)9-13/h3-5,9-11,14H,6-8H2,1-2H3. The molecule has 3 unspecified atom stereocenters. The van der Waals surface area contributed by atoms with Crippen LogP contribution in [0.25, 0.3) is 0 Å². The van der Waals surface area contributed by atoms with Crippen LogP contribution in [0.4, 0.5) is 4.39 Å². The molecule has 0 amide bonds. The second-order valence-corrected chi connectivity index (χ2v) is 7.03. The zero-order chi connectivity index (χ0) is 12.4. The molecule has 0 aromatic heterocycles. The number of halogens is 1. The highest BCUT2D eigenvalue weighted by atomic mass is 32.2. The third-order valence-electron chi connectivity index (χ3n) is 3.47. The van der Waals surface area contributed by atoms with Crippen LogP contribution in [-0.4, -0.2) is 9.46 Å². The van der Waals surface area contributed by atoms with Crippen molar-refractivity contribution in [2.24, 2.45) is 11.8 Å². The number of hydrogen-bond donors (Lipinski definition) is 0. The molecule has 1 nitrogen and oxygen atoms in total. The van der Waals surface area contributed by atoms with Crippen molar-refractivity contribution >= 4 is 10.8 Å². The van der Waals surface area contributed by atoms with Gasteiger partial charge in [0, 0.05) is 10.1 Å². The van der Waals surface area contributed by atoms with Crippen molar-refractivity contribution < 1.29 is 8.60 Å². The predicted octanol–water partition coefficient (Wildman–Crippen LogP) is 3.76. The van der Waals surface area contributed by atoms with E-state index in [2.05, 4.69) is 13.8 Å². The van der Waals surface area contributed by atoms with Gasteiger partial charge in [0.1, 0.15) is 5.82 Å². The molecular formula is C14H19FOS. The molecule has 17 heavy (non-hydrogen) atoms. The Morgan fingerprint density at radius 3 is 2.41 bits per heavy atom. The smallest absolute Gasteiger partial charge is 0.124 e. The summed E-state index contributed by atoms with van der Waals surface area (Å²) in [5.74, 6) is 0.954. The number of hydrogen-bond acceptors (Lipinski definition) is 1. The Bertz CT molecular complexity index is 408. The van der Waals surface area contributed by atoms with Gasteiger partial charge >= 0.3 is 0 Å². The van der Waals surface area contributed by atoms with E-state index in [1.807, 2.05) is 0 Å². The summed E-state index contributed by atoms with van der Waals surface area (Å²) in [4.78, 5) is 0.635. The van der Waals surface area contributed by atoms with Crippen molar-refractivity contribution in [3.8, 4) is 0 Å². The van der Waals surface area contributed by atoms with Crippen molar-refractivity contribution in [3.63, 3.8) is 0 Å². The Morgan fingerprint density at radius 2 is 1.82 bits per heavy atom. The quantitative estimate of drug-likeness (QED) is 0.785. The van der Waals surface area contributed by atoms with Crippen molar-refractivity contribution in [2.45, 2.75) is 43.3 Å². The van der Waals surface area contributed by atoms with Crippen LogP contribution in [0.1, 0.15) is 33.1 Å². The van der Waals surface area contributed by atoms with Gasteiger partial charge in [-0.2, -0.15) is 0 Å². The summed E-state index contributed by atoms with van der Waals surface area (Å²) in [5.41, 5.74) is 0. The van der Waals surface area contributed by atoms with E-state index in [1.165, 1.54) is 18.6 Å². The van der Waals surface area contributed by atoms with Crippen LogP contribution < -0.4 is 0 Å². The van der Waals surface area contributed by atoms with Gasteiger partial charge in [0.2, 0.25) is 0 Å². The van der Waals surface area contributed by atoms with Crippen LogP contribution in [0, 0.1) is 17.7 Å². The maximum atomic E-state index is 13.1. The molecule has 0 heterocycles. The normalized spacial score (nSPS) is 31.1. The number of benzene rings is 1. The molecule has 0 aliphatic heterocycles. The minimum atomic E-state index is -1.06. The van der Waals surface area contributed by atoms with E-state index in [-0.39, 0.29) is 11.1 Å². The predicted molar refractivity (Wildman–Crippen MR) is 68.8 cm³/mol. The SMILES string of the molecule is CC1CC(C)CC(S(=O)c2cccc(F)c2)C1. The van der Waals surface area contributed by atoms with Gasteiger partial charge in [-0.1, -0.05) is 19.9 Å². The summed E-state index contributed by atoms with van der Waals surface area (Å²) in [6.07, 6.45) is 3.21. The van der Waals surface area contributed by atoms with Gasteiger partial charge in [0.15, 0.2) is 0 Å². The first kappa shape index (κ1) is 12.7. The molecule has 0 radical (unpaired) electrons. The summed E-state index contributed by atoms with van der Waals surface area (Å²) < 4.78 is 25.5. The number of rotatable bonds is 2. The summed E-state index contributed by atoms with van der Waals surface area (Å²) in [5, 5.41) is 0.190. The lowest BCUT2D eigenvalue weighted by molar-refractivity contribution is 0.305. The van der Waals surface area contributed by atoms with Gasteiger partial charge < -0.3 is 0 Å². The summed E-state index contributed by atoms with van der Waals surface area (Å²) in [7, 11) is -1.06. The highest BCUT2D eigenvalue weighted by Crippen LogP contribution is 2.33. The van der Waals surface area contributed by atoms with E-state index in [0.717, 1.165) is 12.8 Å². The third kappa shape index (κ3) is 3.15. The molecule has 3 heteroatoms. The summed E-state index contributed by atoms with van der Waals surface area (Å²) in [6.45, 7) is 4.43. The monoisotopic (exact) mass is 254 g/mol. The Labute approximate surface area is 105 Å². The van der Waals surface area contributed by atoms with Crippen LogP contribution in [-0.2, 0) is 10.8 Å². The summed E-state index contributed by atoms with van der Waals surface area (Å²) in [6, 6.07) is 6.20. The summed E-state index contributed by atoms with van der Waals surface area (Å²) >= 11 is 0. The molecule has 1 aromatic carbocycles. The third-order valence-corrected chi connectivity index (χ3v) is 5.18.